The van der Waals surface area contributed by atoms with E-state index in [-0.39, 0.29) is 5.91 Å². The molecule has 4 nitrogen and oxygen atoms in total. The van der Waals surface area contributed by atoms with Gasteiger partial charge in [-0.25, -0.2) is 0 Å². The lowest BCUT2D eigenvalue weighted by atomic mass is 9.94. The van der Waals surface area contributed by atoms with E-state index in [4.69, 9.17) is 0 Å². The number of thiophene rings is 1. The average Bonchev–Trinajstić information content (AvgIpc) is 2.83. The Bertz CT molecular complexity index is 482. The van der Waals surface area contributed by atoms with Crippen molar-refractivity contribution in [3.63, 3.8) is 0 Å². The number of hydrogen-bond donors (Lipinski definition) is 2. The molecule has 1 amide bonds. The topological polar surface area (TPSA) is 52.6 Å². The van der Waals surface area contributed by atoms with Crippen LogP contribution in [-0.4, -0.2) is 41.1 Å². The molecule has 1 aliphatic heterocycles. The van der Waals surface area contributed by atoms with Crippen molar-refractivity contribution < 1.29 is 9.90 Å². The van der Waals surface area contributed by atoms with E-state index in [9.17, 15) is 9.90 Å². The summed E-state index contributed by atoms with van der Waals surface area (Å²) in [7, 11) is 0. The van der Waals surface area contributed by atoms with Crippen molar-refractivity contribution in [3.8, 4) is 0 Å². The van der Waals surface area contributed by atoms with Crippen LogP contribution in [0.2, 0.25) is 0 Å². The third kappa shape index (κ3) is 4.80. The van der Waals surface area contributed by atoms with E-state index in [1.165, 1.54) is 10.4 Å². The van der Waals surface area contributed by atoms with Gasteiger partial charge in [0.2, 0.25) is 5.91 Å². The molecular formula is C16H26N2O2S. The number of carbonyl (C=O) groups is 1. The molecule has 0 saturated carbocycles. The Morgan fingerprint density at radius 2 is 2.33 bits per heavy atom. The first kappa shape index (κ1) is 16.5. The molecule has 0 aliphatic carbocycles. The summed E-state index contributed by atoms with van der Waals surface area (Å²) in [5, 5.41) is 15.4. The third-order valence-corrected chi connectivity index (χ3v) is 4.81. The van der Waals surface area contributed by atoms with Crippen LogP contribution in [0.25, 0.3) is 0 Å². The zero-order chi connectivity index (χ0) is 15.5. The molecule has 5 heteroatoms. The minimum Gasteiger partial charge on any atom is -0.389 e. The van der Waals surface area contributed by atoms with Gasteiger partial charge in [0, 0.05) is 24.5 Å². The maximum Gasteiger partial charge on any atom is 0.236 e. The summed E-state index contributed by atoms with van der Waals surface area (Å²) < 4.78 is 0. The van der Waals surface area contributed by atoms with Crippen LogP contribution in [0, 0.1) is 5.92 Å². The van der Waals surface area contributed by atoms with E-state index in [1.54, 1.807) is 11.3 Å². The summed E-state index contributed by atoms with van der Waals surface area (Å²) >= 11 is 1.78. The minimum absolute atomic E-state index is 0.118. The van der Waals surface area contributed by atoms with Gasteiger partial charge < -0.3 is 15.3 Å². The molecule has 118 valence electrons. The smallest absolute Gasteiger partial charge is 0.236 e. The second-order valence-corrected chi connectivity index (χ2v) is 7.63. The summed E-state index contributed by atoms with van der Waals surface area (Å²) in [6.07, 6.45) is 1.69. The lowest BCUT2D eigenvalue weighted by molar-refractivity contribution is -0.131. The molecule has 1 atom stereocenters. The van der Waals surface area contributed by atoms with Gasteiger partial charge in [0.25, 0.3) is 0 Å². The van der Waals surface area contributed by atoms with Crippen LogP contribution in [0.15, 0.2) is 11.4 Å². The molecule has 0 spiro atoms. The van der Waals surface area contributed by atoms with Crippen LogP contribution >= 0.6 is 11.3 Å². The molecule has 1 unspecified atom stereocenters. The second kappa shape index (κ2) is 6.90. The third-order valence-electron chi connectivity index (χ3n) is 3.79. The molecule has 2 N–H and O–H groups in total. The molecule has 21 heavy (non-hydrogen) atoms. The summed E-state index contributed by atoms with van der Waals surface area (Å²) in [4.78, 5) is 15.5. The normalized spacial score (nSPS) is 17.7. The Labute approximate surface area is 131 Å². The molecule has 0 aromatic carbocycles. The van der Waals surface area contributed by atoms with Crippen molar-refractivity contribution in [1.29, 1.82) is 0 Å². The summed E-state index contributed by atoms with van der Waals surface area (Å²) in [5.74, 6) is 0.559. The van der Waals surface area contributed by atoms with E-state index in [2.05, 4.69) is 30.6 Å². The number of aliphatic hydroxyl groups is 1. The van der Waals surface area contributed by atoms with Crippen LogP contribution in [0.3, 0.4) is 0 Å². The van der Waals surface area contributed by atoms with Gasteiger partial charge in [0.15, 0.2) is 0 Å². The zero-order valence-electron chi connectivity index (χ0n) is 13.2. The maximum absolute atomic E-state index is 12.2. The highest BCUT2D eigenvalue weighted by molar-refractivity contribution is 7.10. The fourth-order valence-corrected chi connectivity index (χ4v) is 3.85. The first-order valence-corrected chi connectivity index (χ1v) is 8.51. The van der Waals surface area contributed by atoms with Crippen LogP contribution < -0.4 is 5.32 Å². The van der Waals surface area contributed by atoms with Gasteiger partial charge in [-0.2, -0.15) is 0 Å². The number of nitrogens with one attached hydrogen (secondary N) is 1. The molecule has 0 radical (unpaired) electrons. The van der Waals surface area contributed by atoms with Gasteiger partial charge in [0.05, 0.1) is 12.1 Å². The average molecular weight is 310 g/mol. The van der Waals surface area contributed by atoms with Crippen LogP contribution in [-0.2, 0) is 17.8 Å². The van der Waals surface area contributed by atoms with Crippen molar-refractivity contribution in [2.24, 2.45) is 5.92 Å². The molecule has 2 rings (SSSR count). The quantitative estimate of drug-likeness (QED) is 0.845. The molecule has 1 aliphatic rings. The number of hydrogen-bond acceptors (Lipinski definition) is 4. The van der Waals surface area contributed by atoms with Gasteiger partial charge in [-0.15, -0.1) is 11.3 Å². The molecular weight excluding hydrogens is 284 g/mol. The van der Waals surface area contributed by atoms with Crippen molar-refractivity contribution >= 4 is 17.2 Å². The number of nitrogens with zero attached hydrogens (tertiary/aromatic N) is 1. The summed E-state index contributed by atoms with van der Waals surface area (Å²) in [5.41, 5.74) is 0.531. The maximum atomic E-state index is 12.2. The molecule has 0 bridgehead atoms. The molecule has 2 heterocycles. The van der Waals surface area contributed by atoms with Gasteiger partial charge in [-0.3, -0.25) is 4.79 Å². The summed E-state index contributed by atoms with van der Waals surface area (Å²) in [6, 6.07) is 2.11. The van der Waals surface area contributed by atoms with E-state index in [0.717, 1.165) is 25.9 Å². The lowest BCUT2D eigenvalue weighted by Crippen LogP contribution is -2.45. The Balaban J connectivity index is 1.76. The van der Waals surface area contributed by atoms with Crippen molar-refractivity contribution in [3.05, 3.63) is 21.9 Å². The predicted octanol–water partition coefficient (Wildman–Crippen LogP) is 2.02. The van der Waals surface area contributed by atoms with Crippen molar-refractivity contribution in [1.82, 2.24) is 10.2 Å². The Morgan fingerprint density at radius 3 is 3.05 bits per heavy atom. The first-order valence-electron chi connectivity index (χ1n) is 7.63. The van der Waals surface area contributed by atoms with Gasteiger partial charge in [-0.1, -0.05) is 13.8 Å². The van der Waals surface area contributed by atoms with Gasteiger partial charge in [-0.05, 0) is 42.7 Å². The fourth-order valence-electron chi connectivity index (χ4n) is 2.96. The Hall–Kier alpha value is -0.910. The second-order valence-electron chi connectivity index (χ2n) is 6.63. The highest BCUT2D eigenvalue weighted by atomic mass is 32.1. The number of carbonyl (C=O) groups excluding carboxylic acids is 1. The number of rotatable bonds is 6. The van der Waals surface area contributed by atoms with Crippen LogP contribution in [0.5, 0.6) is 0 Å². The van der Waals surface area contributed by atoms with E-state index >= 15 is 0 Å². The number of amides is 1. The molecule has 1 aromatic rings. The van der Waals surface area contributed by atoms with Crippen LogP contribution in [0.1, 0.15) is 37.6 Å². The Kier molecular flexibility index (Phi) is 5.41. The van der Waals surface area contributed by atoms with Gasteiger partial charge >= 0.3 is 0 Å². The minimum atomic E-state index is -0.753. The predicted molar refractivity (Wildman–Crippen MR) is 86.4 cm³/mol. The highest BCUT2D eigenvalue weighted by Crippen LogP contribution is 2.23. The van der Waals surface area contributed by atoms with E-state index < -0.39 is 5.60 Å². The summed E-state index contributed by atoms with van der Waals surface area (Å²) in [6.45, 7) is 8.28. The van der Waals surface area contributed by atoms with Crippen LogP contribution in [0.4, 0.5) is 0 Å². The molecule has 1 aromatic heterocycles. The van der Waals surface area contributed by atoms with E-state index in [1.807, 2.05) is 11.8 Å². The highest BCUT2D eigenvalue weighted by Gasteiger charge is 2.24. The van der Waals surface area contributed by atoms with Crippen molar-refractivity contribution in [2.75, 3.05) is 19.6 Å². The largest absolute Gasteiger partial charge is 0.389 e. The first-order chi connectivity index (χ1) is 9.87. The lowest BCUT2D eigenvalue weighted by Gasteiger charge is -2.29. The Morgan fingerprint density at radius 1 is 1.57 bits per heavy atom. The van der Waals surface area contributed by atoms with E-state index in [0.29, 0.717) is 19.0 Å². The monoisotopic (exact) mass is 310 g/mol. The fraction of sp³-hybridized carbons (Fsp3) is 0.688. The SMILES string of the molecule is CC(C)CC(C)(O)CNCC(=O)N1CCc2sccc2C1. The molecule has 0 fully saturated rings. The zero-order valence-corrected chi connectivity index (χ0v) is 14.0. The molecule has 0 saturated heterocycles. The standard InChI is InChI=1S/C16H26N2O2S/c1-12(2)8-16(3,20)11-17-9-15(19)18-6-4-14-13(10-18)5-7-21-14/h5,7,12,17,20H,4,6,8-11H2,1-3H3. The van der Waals surface area contributed by atoms with Crippen molar-refractivity contribution in [2.45, 2.75) is 45.8 Å². The number of fused-ring (bicyclic) bond motifs is 1. The van der Waals surface area contributed by atoms with Gasteiger partial charge in [0.1, 0.15) is 0 Å².